The Morgan fingerprint density at radius 1 is 1.36 bits per heavy atom. The first-order chi connectivity index (χ1) is 12.1. The molecule has 0 unspecified atom stereocenters. The maximum atomic E-state index is 9.33. The van der Waals surface area contributed by atoms with Crippen molar-refractivity contribution in [1.29, 1.82) is 0 Å². The van der Waals surface area contributed by atoms with E-state index in [4.69, 9.17) is 21.8 Å². The molecule has 1 aliphatic rings. The van der Waals surface area contributed by atoms with Gasteiger partial charge in [0.1, 0.15) is 23.1 Å². The van der Waals surface area contributed by atoms with Crippen LogP contribution in [0.25, 0.3) is 22.4 Å². The van der Waals surface area contributed by atoms with Crippen molar-refractivity contribution in [1.82, 2.24) is 19.9 Å². The molecule has 0 spiro atoms. The van der Waals surface area contributed by atoms with Gasteiger partial charge in [0.25, 0.3) is 0 Å². The first-order valence-electron chi connectivity index (χ1n) is 8.04. The van der Waals surface area contributed by atoms with Gasteiger partial charge >= 0.3 is 0 Å². The van der Waals surface area contributed by atoms with Crippen LogP contribution >= 0.6 is 11.6 Å². The lowest BCUT2D eigenvalue weighted by atomic mass is 10.1. The zero-order valence-electron chi connectivity index (χ0n) is 13.3. The highest BCUT2D eigenvalue weighted by atomic mass is 35.5. The fourth-order valence-corrected chi connectivity index (χ4v) is 3.52. The van der Waals surface area contributed by atoms with E-state index in [-0.39, 0.29) is 23.8 Å². The molecule has 1 saturated carbocycles. The molecule has 1 aliphatic carbocycles. The Bertz CT molecular complexity index is 882. The summed E-state index contributed by atoms with van der Waals surface area (Å²) in [5, 5.41) is 13.7. The fraction of sp³-hybridized carbons (Fsp3) is 0.375. The molecule has 3 aromatic heterocycles. The van der Waals surface area contributed by atoms with E-state index < -0.39 is 0 Å². The quantitative estimate of drug-likeness (QED) is 0.606. The van der Waals surface area contributed by atoms with Crippen molar-refractivity contribution in [3.8, 4) is 11.3 Å². The summed E-state index contributed by atoms with van der Waals surface area (Å²) in [5.41, 5.74) is 6.78. The van der Waals surface area contributed by atoms with E-state index in [9.17, 15) is 5.11 Å². The second-order valence-electron chi connectivity index (χ2n) is 6.19. The molecule has 3 heterocycles. The van der Waals surface area contributed by atoms with E-state index in [1.165, 1.54) is 6.33 Å². The third-order valence-corrected chi connectivity index (χ3v) is 4.74. The average Bonchev–Trinajstić information content (AvgIpc) is 3.20. The number of nitrogens with one attached hydrogen (secondary N) is 1. The molecule has 8 nitrogen and oxygen atoms in total. The molecule has 0 aromatic carbocycles. The van der Waals surface area contributed by atoms with Crippen LogP contribution in [0, 0.1) is 5.92 Å². The Hall–Kier alpha value is -2.45. The third-order valence-electron chi connectivity index (χ3n) is 4.46. The molecule has 0 saturated heterocycles. The average molecular weight is 361 g/mol. The van der Waals surface area contributed by atoms with Gasteiger partial charge in [-0.1, -0.05) is 11.6 Å². The van der Waals surface area contributed by atoms with E-state index >= 15 is 0 Å². The largest absolute Gasteiger partial charge is 0.437 e. The number of rotatable bonds is 4. The number of halogens is 1. The topological polar surface area (TPSA) is 123 Å². The first-order valence-corrected chi connectivity index (χ1v) is 8.42. The molecule has 25 heavy (non-hydrogen) atoms. The Morgan fingerprint density at radius 2 is 2.24 bits per heavy atom. The first kappa shape index (κ1) is 16.0. The molecule has 4 rings (SSSR count). The predicted octanol–water partition coefficient (Wildman–Crippen LogP) is 2.49. The summed E-state index contributed by atoms with van der Waals surface area (Å²) in [6.07, 6.45) is 5.86. The Balaban J connectivity index is 1.73. The lowest BCUT2D eigenvalue weighted by Crippen LogP contribution is -2.18. The number of nitrogens with two attached hydrogens (primary N) is 1. The molecule has 0 radical (unpaired) electrons. The lowest BCUT2D eigenvalue weighted by Gasteiger charge is -2.16. The molecule has 0 bridgehead atoms. The second-order valence-corrected chi connectivity index (χ2v) is 6.55. The van der Waals surface area contributed by atoms with Crippen molar-refractivity contribution in [2.24, 2.45) is 5.92 Å². The van der Waals surface area contributed by atoms with Gasteiger partial charge in [0.05, 0.1) is 10.9 Å². The van der Waals surface area contributed by atoms with Crippen LogP contribution in [0.15, 0.2) is 23.0 Å². The standard InChI is InChI=1S/C16H17ClN6O2/c17-13-12(11-4-9-5-19-7-20-15(9)25-11)14(23-16(18)22-13)21-10-2-1-8(3-10)6-24/h4-5,7-8,10,24H,1-3,6H2,(H3,18,21,22,23)/t8-,10+/m1/s1. The fourth-order valence-electron chi connectivity index (χ4n) is 3.25. The van der Waals surface area contributed by atoms with Crippen molar-refractivity contribution < 1.29 is 9.52 Å². The minimum absolute atomic E-state index is 0.0869. The number of nitrogens with zero attached hydrogens (tertiary/aromatic N) is 4. The molecule has 9 heteroatoms. The van der Waals surface area contributed by atoms with E-state index in [2.05, 4.69) is 25.3 Å². The predicted molar refractivity (Wildman–Crippen MR) is 94.1 cm³/mol. The number of nitrogen functional groups attached to an aromatic ring is 1. The van der Waals surface area contributed by atoms with Crippen molar-refractivity contribution in [2.75, 3.05) is 17.7 Å². The number of fused-ring (bicyclic) bond motifs is 1. The van der Waals surface area contributed by atoms with Crippen molar-refractivity contribution in [3.05, 3.63) is 23.7 Å². The van der Waals surface area contributed by atoms with Crippen LogP contribution in [0.1, 0.15) is 19.3 Å². The van der Waals surface area contributed by atoms with Crippen molar-refractivity contribution >= 4 is 34.5 Å². The van der Waals surface area contributed by atoms with Gasteiger partial charge in [-0.05, 0) is 31.2 Å². The second kappa shape index (κ2) is 6.45. The minimum atomic E-state index is 0.0869. The molecular weight excluding hydrogens is 344 g/mol. The van der Waals surface area contributed by atoms with Crippen LogP contribution in [0.3, 0.4) is 0 Å². The third kappa shape index (κ3) is 3.10. The number of aromatic nitrogens is 4. The number of aliphatic hydroxyl groups excluding tert-OH is 1. The van der Waals surface area contributed by atoms with Gasteiger partial charge in [0.2, 0.25) is 11.7 Å². The summed E-state index contributed by atoms with van der Waals surface area (Å²) >= 11 is 6.33. The van der Waals surface area contributed by atoms with Gasteiger partial charge < -0.3 is 20.6 Å². The Morgan fingerprint density at radius 3 is 3.00 bits per heavy atom. The zero-order chi connectivity index (χ0) is 17.4. The Labute approximate surface area is 148 Å². The summed E-state index contributed by atoms with van der Waals surface area (Å²) in [5.74, 6) is 1.41. The van der Waals surface area contributed by atoms with Gasteiger partial charge in [-0.25, -0.2) is 15.0 Å². The zero-order valence-corrected chi connectivity index (χ0v) is 14.1. The number of anilines is 2. The van der Waals surface area contributed by atoms with Gasteiger partial charge in [-0.2, -0.15) is 4.98 Å². The van der Waals surface area contributed by atoms with Crippen LogP contribution < -0.4 is 11.1 Å². The summed E-state index contributed by atoms with van der Waals surface area (Å²) < 4.78 is 5.79. The lowest BCUT2D eigenvalue weighted by molar-refractivity contribution is 0.229. The van der Waals surface area contributed by atoms with E-state index in [0.29, 0.717) is 28.8 Å². The molecule has 0 aliphatic heterocycles. The molecule has 1 fully saturated rings. The number of furan rings is 1. The van der Waals surface area contributed by atoms with Gasteiger partial charge in [0, 0.05) is 18.8 Å². The van der Waals surface area contributed by atoms with Crippen molar-refractivity contribution in [2.45, 2.75) is 25.3 Å². The molecule has 4 N–H and O–H groups in total. The van der Waals surface area contributed by atoms with E-state index in [1.807, 2.05) is 0 Å². The minimum Gasteiger partial charge on any atom is -0.437 e. The summed E-state index contributed by atoms with van der Waals surface area (Å²) in [6, 6.07) is 1.98. The number of hydrogen-bond donors (Lipinski definition) is 3. The maximum absolute atomic E-state index is 9.33. The molecule has 130 valence electrons. The van der Waals surface area contributed by atoms with Crippen LogP contribution in [-0.2, 0) is 0 Å². The van der Waals surface area contributed by atoms with E-state index in [0.717, 1.165) is 24.6 Å². The van der Waals surface area contributed by atoms with Crippen molar-refractivity contribution in [3.63, 3.8) is 0 Å². The van der Waals surface area contributed by atoms with Gasteiger partial charge in [-0.3, -0.25) is 0 Å². The van der Waals surface area contributed by atoms with Gasteiger partial charge in [-0.15, -0.1) is 0 Å². The van der Waals surface area contributed by atoms with E-state index in [1.54, 1.807) is 12.3 Å². The Kier molecular flexibility index (Phi) is 4.14. The highest BCUT2D eigenvalue weighted by Crippen LogP contribution is 2.37. The molecule has 0 amide bonds. The van der Waals surface area contributed by atoms with Crippen LogP contribution in [0.2, 0.25) is 5.15 Å². The molecular formula is C16H17ClN6O2. The number of hydrogen-bond acceptors (Lipinski definition) is 8. The van der Waals surface area contributed by atoms with Crippen LogP contribution in [0.4, 0.5) is 11.8 Å². The summed E-state index contributed by atoms with van der Waals surface area (Å²) in [4.78, 5) is 16.4. The molecule has 2 atom stereocenters. The number of aliphatic hydroxyl groups is 1. The normalized spacial score (nSPS) is 20.2. The molecule has 3 aromatic rings. The van der Waals surface area contributed by atoms with Gasteiger partial charge in [0.15, 0.2) is 0 Å². The van der Waals surface area contributed by atoms with Crippen LogP contribution in [-0.4, -0.2) is 37.7 Å². The highest BCUT2D eigenvalue weighted by Gasteiger charge is 2.27. The summed E-state index contributed by atoms with van der Waals surface area (Å²) in [7, 11) is 0. The van der Waals surface area contributed by atoms with Crippen LogP contribution in [0.5, 0.6) is 0 Å². The smallest absolute Gasteiger partial charge is 0.229 e. The summed E-state index contributed by atoms with van der Waals surface area (Å²) in [6.45, 7) is 0.194. The highest BCUT2D eigenvalue weighted by molar-refractivity contribution is 6.32. The SMILES string of the molecule is Nc1nc(Cl)c(-c2cc3cncnc3o2)c(N[C@H]2CC[C@@H](CO)C2)n1. The monoisotopic (exact) mass is 360 g/mol. The maximum Gasteiger partial charge on any atom is 0.229 e.